The smallest absolute Gasteiger partial charge is 0.269 e. The van der Waals surface area contributed by atoms with Gasteiger partial charge in [0.1, 0.15) is 17.5 Å². The minimum atomic E-state index is -0.815. The summed E-state index contributed by atoms with van der Waals surface area (Å²) in [6, 6.07) is 19.8. The van der Waals surface area contributed by atoms with Crippen molar-refractivity contribution in [3.8, 4) is 11.5 Å². The maximum atomic E-state index is 13.9. The molecule has 1 N–H and O–H groups in total. The van der Waals surface area contributed by atoms with Gasteiger partial charge in [-0.2, -0.15) is 0 Å². The Morgan fingerprint density at radius 3 is 2.67 bits per heavy atom. The van der Waals surface area contributed by atoms with Crippen LogP contribution in [0.2, 0.25) is 0 Å². The van der Waals surface area contributed by atoms with Crippen LogP contribution in [0.5, 0.6) is 11.5 Å². The minimum absolute atomic E-state index is 0.00630. The fourth-order valence-electron chi connectivity index (χ4n) is 6.28. The summed E-state index contributed by atoms with van der Waals surface area (Å²) in [5, 5.41) is 14.7. The van der Waals surface area contributed by atoms with Gasteiger partial charge in [0, 0.05) is 42.3 Å². The number of carbonyl (C=O) groups excluding carboxylic acids is 1. The van der Waals surface area contributed by atoms with Gasteiger partial charge in [0.15, 0.2) is 5.72 Å². The van der Waals surface area contributed by atoms with E-state index in [1.54, 1.807) is 19.2 Å². The predicted octanol–water partition coefficient (Wildman–Crippen LogP) is 4.66. The predicted molar refractivity (Wildman–Crippen MR) is 134 cm³/mol. The number of amides is 1. The molecule has 0 saturated carbocycles. The first kappa shape index (κ1) is 22.4. The molecule has 3 aromatic rings. The molecule has 6 rings (SSSR count). The van der Waals surface area contributed by atoms with Crippen molar-refractivity contribution in [3.05, 3.63) is 93.5 Å². The number of nitrogens with zero attached hydrogens (tertiary/aromatic N) is 2. The molecule has 0 aromatic heterocycles. The van der Waals surface area contributed by atoms with Crippen LogP contribution >= 0.6 is 0 Å². The number of nitro benzene ring substituents is 1. The summed E-state index contributed by atoms with van der Waals surface area (Å²) >= 11 is 0. The van der Waals surface area contributed by atoms with Gasteiger partial charge in [-0.25, -0.2) is 0 Å². The molecule has 1 spiro atoms. The number of benzene rings is 3. The molecule has 8 heteroatoms. The Morgan fingerprint density at radius 2 is 1.94 bits per heavy atom. The van der Waals surface area contributed by atoms with Crippen LogP contribution < -0.4 is 19.7 Å². The van der Waals surface area contributed by atoms with Gasteiger partial charge in [-0.3, -0.25) is 14.9 Å². The van der Waals surface area contributed by atoms with E-state index in [1.165, 1.54) is 6.07 Å². The maximum absolute atomic E-state index is 13.9. The molecule has 1 fully saturated rings. The second-order valence-electron chi connectivity index (χ2n) is 10.2. The second kappa shape index (κ2) is 7.71. The average Bonchev–Trinajstić information content (AvgIpc) is 3.26. The first-order valence-electron chi connectivity index (χ1n) is 12.0. The normalized spacial score (nSPS) is 24.2. The van der Waals surface area contributed by atoms with Gasteiger partial charge in [-0.15, -0.1) is 0 Å². The number of ether oxygens (including phenoxy) is 2. The zero-order chi connectivity index (χ0) is 25.2. The van der Waals surface area contributed by atoms with Gasteiger partial charge >= 0.3 is 0 Å². The third kappa shape index (κ3) is 2.96. The first-order valence-corrected chi connectivity index (χ1v) is 12.0. The number of fused-ring (bicyclic) bond motifs is 5. The Bertz CT molecular complexity index is 1390. The van der Waals surface area contributed by atoms with Gasteiger partial charge in [0.2, 0.25) is 5.91 Å². The van der Waals surface area contributed by atoms with Crippen LogP contribution in [-0.4, -0.2) is 29.7 Å². The Balaban J connectivity index is 1.48. The summed E-state index contributed by atoms with van der Waals surface area (Å²) in [6.07, 6.45) is 0.536. The molecule has 1 saturated heterocycles. The van der Waals surface area contributed by atoms with Crippen molar-refractivity contribution in [1.82, 2.24) is 5.32 Å². The number of non-ortho nitro benzene ring substituents is 1. The summed E-state index contributed by atoms with van der Waals surface area (Å²) < 4.78 is 12.3. The lowest BCUT2D eigenvalue weighted by atomic mass is 9.72. The number of nitrogens with one attached hydrogen (secondary N) is 1. The van der Waals surface area contributed by atoms with E-state index in [-0.39, 0.29) is 17.5 Å². The van der Waals surface area contributed by atoms with Crippen LogP contribution in [0.4, 0.5) is 11.4 Å². The van der Waals surface area contributed by atoms with Crippen molar-refractivity contribution in [2.24, 2.45) is 0 Å². The molecule has 0 aliphatic carbocycles. The van der Waals surface area contributed by atoms with Crippen molar-refractivity contribution in [1.29, 1.82) is 0 Å². The van der Waals surface area contributed by atoms with E-state index in [4.69, 9.17) is 9.47 Å². The molecular weight excluding hydrogens is 458 g/mol. The Labute approximate surface area is 209 Å². The van der Waals surface area contributed by atoms with Crippen molar-refractivity contribution in [3.63, 3.8) is 0 Å². The molecule has 1 amide bonds. The highest BCUT2D eigenvalue weighted by atomic mass is 16.6. The number of carbonyl (C=O) groups is 1. The van der Waals surface area contributed by atoms with E-state index < -0.39 is 22.1 Å². The quantitative estimate of drug-likeness (QED) is 0.417. The van der Waals surface area contributed by atoms with E-state index in [0.717, 1.165) is 22.6 Å². The van der Waals surface area contributed by atoms with Crippen LogP contribution in [0.25, 0.3) is 0 Å². The lowest BCUT2D eigenvalue weighted by Gasteiger charge is -2.45. The summed E-state index contributed by atoms with van der Waals surface area (Å²) in [5.41, 5.74) is 2.37. The van der Waals surface area contributed by atoms with Crippen molar-refractivity contribution >= 4 is 17.3 Å². The minimum Gasteiger partial charge on any atom is -0.497 e. The van der Waals surface area contributed by atoms with Crippen molar-refractivity contribution < 1.29 is 19.2 Å². The highest BCUT2D eigenvalue weighted by molar-refractivity contribution is 5.91. The van der Waals surface area contributed by atoms with Crippen LogP contribution in [0, 0.1) is 10.1 Å². The molecule has 0 unspecified atom stereocenters. The lowest BCUT2D eigenvalue weighted by molar-refractivity contribution is -0.385. The van der Waals surface area contributed by atoms with E-state index in [0.29, 0.717) is 24.3 Å². The number of methoxy groups -OCH3 is 1. The van der Waals surface area contributed by atoms with Gasteiger partial charge < -0.3 is 19.7 Å². The largest absolute Gasteiger partial charge is 0.497 e. The standard InChI is InChI=1S/C28H27N3O5/c1-27(2)22-14-19(35-3)10-11-23(22)30-25(26(32)29-16-17-7-5-4-6-8-17)21-15-28(27,30)36-24-12-9-18(31(33)34)13-20(21)24/h4-14,21,25H,15-16H2,1-3H3,(H,29,32)/t21-,25-,28+/m1/s1. The van der Waals surface area contributed by atoms with E-state index >= 15 is 0 Å². The SMILES string of the molecule is COc1ccc2c(c1)C(C)(C)[C@]13C[C@H](c4cc([N+](=O)[O-])ccc4O1)[C@H](C(=O)NCc1ccccc1)N23. The molecule has 36 heavy (non-hydrogen) atoms. The molecule has 3 aromatic carbocycles. The summed E-state index contributed by atoms with van der Waals surface area (Å²) in [7, 11) is 1.64. The van der Waals surface area contributed by atoms with Gasteiger partial charge in [-0.05, 0) is 49.2 Å². The third-order valence-corrected chi connectivity index (χ3v) is 8.12. The number of hydrogen-bond donors (Lipinski definition) is 1. The van der Waals surface area contributed by atoms with Crippen molar-refractivity contribution in [2.75, 3.05) is 12.0 Å². The molecule has 3 aliphatic heterocycles. The number of anilines is 1. The number of hydrogen-bond acceptors (Lipinski definition) is 6. The zero-order valence-electron chi connectivity index (χ0n) is 20.4. The molecule has 8 nitrogen and oxygen atoms in total. The summed E-state index contributed by atoms with van der Waals surface area (Å²) in [6.45, 7) is 4.65. The average molecular weight is 486 g/mol. The van der Waals surface area contributed by atoms with E-state index in [2.05, 4.69) is 24.1 Å². The van der Waals surface area contributed by atoms with Crippen LogP contribution in [-0.2, 0) is 16.8 Å². The fourth-order valence-corrected chi connectivity index (χ4v) is 6.28. The van der Waals surface area contributed by atoms with E-state index in [9.17, 15) is 14.9 Å². The molecule has 184 valence electrons. The summed E-state index contributed by atoms with van der Waals surface area (Å²) in [5.74, 6) is 0.938. The van der Waals surface area contributed by atoms with Crippen LogP contribution in [0.1, 0.15) is 42.9 Å². The topological polar surface area (TPSA) is 93.9 Å². The van der Waals surface area contributed by atoms with E-state index in [1.807, 2.05) is 48.5 Å². The molecule has 2 bridgehead atoms. The molecule has 3 heterocycles. The Morgan fingerprint density at radius 1 is 1.17 bits per heavy atom. The number of rotatable bonds is 5. The maximum Gasteiger partial charge on any atom is 0.269 e. The molecule has 3 atom stereocenters. The van der Waals surface area contributed by atoms with Crippen LogP contribution in [0.3, 0.4) is 0 Å². The van der Waals surface area contributed by atoms with Gasteiger partial charge in [0.05, 0.1) is 17.4 Å². The third-order valence-electron chi connectivity index (χ3n) is 8.12. The Hall–Kier alpha value is -4.07. The molecular formula is C28H27N3O5. The monoisotopic (exact) mass is 485 g/mol. The first-order chi connectivity index (χ1) is 17.3. The highest BCUT2D eigenvalue weighted by Crippen LogP contribution is 2.65. The molecule has 3 aliphatic rings. The second-order valence-corrected chi connectivity index (χ2v) is 10.2. The van der Waals surface area contributed by atoms with Gasteiger partial charge in [0.25, 0.3) is 5.69 Å². The summed E-state index contributed by atoms with van der Waals surface area (Å²) in [4.78, 5) is 27.2. The van der Waals surface area contributed by atoms with Gasteiger partial charge in [-0.1, -0.05) is 30.3 Å². The fraction of sp³-hybridized carbons (Fsp3) is 0.321. The zero-order valence-corrected chi connectivity index (χ0v) is 20.4. The number of nitro groups is 1. The molecule has 0 radical (unpaired) electrons. The van der Waals surface area contributed by atoms with Crippen molar-refractivity contribution in [2.45, 2.75) is 49.9 Å². The Kier molecular flexibility index (Phi) is 4.80. The lowest BCUT2D eigenvalue weighted by Crippen LogP contribution is -2.59. The van der Waals surface area contributed by atoms with Crippen LogP contribution in [0.15, 0.2) is 66.7 Å². The highest BCUT2D eigenvalue weighted by Gasteiger charge is 2.70.